The third kappa shape index (κ3) is 4.68. The van der Waals surface area contributed by atoms with Crippen LogP contribution < -0.4 is 5.32 Å². The van der Waals surface area contributed by atoms with Crippen LogP contribution in [0.3, 0.4) is 0 Å². The molecule has 1 aliphatic rings. The number of rotatable bonds is 8. The van der Waals surface area contributed by atoms with E-state index in [2.05, 4.69) is 11.9 Å². The van der Waals surface area contributed by atoms with Gasteiger partial charge in [-0.15, -0.1) is 0 Å². The molecular formula is C13H23NO9. The fraction of sp³-hybridized carbons (Fsp3) is 0.769. The Balaban J connectivity index is 2.76. The summed E-state index contributed by atoms with van der Waals surface area (Å²) in [6.07, 6.45) is -6.43. The summed E-state index contributed by atoms with van der Waals surface area (Å²) >= 11 is 0. The summed E-state index contributed by atoms with van der Waals surface area (Å²) in [5.41, 5.74) is -1.57. The van der Waals surface area contributed by atoms with Crippen molar-refractivity contribution in [3.05, 3.63) is 12.7 Å². The molecule has 0 unspecified atom stereocenters. The number of nitrogens with one attached hydrogen (secondary N) is 1. The Hall–Kier alpha value is -1.11. The van der Waals surface area contributed by atoms with Crippen LogP contribution in [0.2, 0.25) is 0 Å². The van der Waals surface area contributed by atoms with Crippen molar-refractivity contribution >= 4 is 5.91 Å². The highest BCUT2D eigenvalue weighted by atomic mass is 16.7. The van der Waals surface area contributed by atoms with Crippen molar-refractivity contribution in [3.8, 4) is 0 Å². The second kappa shape index (κ2) is 8.66. The summed E-state index contributed by atoms with van der Waals surface area (Å²) in [5.74, 6) is -0.662. The van der Waals surface area contributed by atoms with Gasteiger partial charge in [0.15, 0.2) is 6.29 Å². The zero-order valence-electron chi connectivity index (χ0n) is 12.4. The molecule has 1 rings (SSSR count). The molecule has 1 saturated heterocycles. The molecule has 10 heteroatoms. The number of aliphatic hydroxyl groups excluding tert-OH is 6. The van der Waals surface area contributed by atoms with Gasteiger partial charge in [-0.3, -0.25) is 4.79 Å². The summed E-state index contributed by atoms with van der Waals surface area (Å²) in [5, 5.41) is 59.3. The molecule has 5 atom stereocenters. The van der Waals surface area contributed by atoms with Crippen molar-refractivity contribution in [2.24, 2.45) is 0 Å². The van der Waals surface area contributed by atoms with Crippen LogP contribution in [0.4, 0.5) is 0 Å². The first-order valence-electron chi connectivity index (χ1n) is 6.92. The van der Waals surface area contributed by atoms with Crippen molar-refractivity contribution < 1.29 is 44.9 Å². The minimum Gasteiger partial charge on any atom is -0.394 e. The van der Waals surface area contributed by atoms with Crippen molar-refractivity contribution in [1.29, 1.82) is 0 Å². The average Bonchev–Trinajstić information content (AvgIpc) is 2.57. The summed E-state index contributed by atoms with van der Waals surface area (Å²) in [6, 6.07) is 0. The maximum Gasteiger partial charge on any atom is 0.244 e. The van der Waals surface area contributed by atoms with E-state index in [4.69, 9.17) is 14.6 Å². The van der Waals surface area contributed by atoms with Gasteiger partial charge in [0.2, 0.25) is 5.91 Å². The molecule has 10 nitrogen and oxygen atoms in total. The van der Waals surface area contributed by atoms with Gasteiger partial charge >= 0.3 is 0 Å². The van der Waals surface area contributed by atoms with Crippen LogP contribution >= 0.6 is 0 Å². The number of amides is 1. The Kier molecular flexibility index (Phi) is 7.51. The minimum absolute atomic E-state index is 0.470. The molecular weight excluding hydrogens is 314 g/mol. The Morgan fingerprint density at radius 1 is 1.17 bits per heavy atom. The molecule has 0 radical (unpaired) electrons. The van der Waals surface area contributed by atoms with Gasteiger partial charge in [-0.25, -0.2) is 0 Å². The fourth-order valence-electron chi connectivity index (χ4n) is 2.02. The molecule has 0 aromatic rings. The Bertz CT molecular complexity index is 399. The van der Waals surface area contributed by atoms with Gasteiger partial charge in [-0.05, 0) is 6.08 Å². The highest BCUT2D eigenvalue weighted by Gasteiger charge is 2.45. The summed E-state index contributed by atoms with van der Waals surface area (Å²) in [6.45, 7) is 0.793. The second-order valence-electron chi connectivity index (χ2n) is 5.30. The van der Waals surface area contributed by atoms with E-state index in [0.29, 0.717) is 0 Å². The molecule has 0 spiro atoms. The lowest BCUT2D eigenvalue weighted by molar-refractivity contribution is -0.305. The molecule has 0 aromatic heterocycles. The lowest BCUT2D eigenvalue weighted by atomic mass is 9.99. The van der Waals surface area contributed by atoms with Crippen molar-refractivity contribution in [2.45, 2.75) is 36.2 Å². The number of carbonyl (C=O) groups excluding carboxylic acids is 1. The first kappa shape index (κ1) is 19.9. The Labute approximate surface area is 132 Å². The maximum absolute atomic E-state index is 11.4. The molecule has 0 aromatic carbocycles. The van der Waals surface area contributed by atoms with Crippen LogP contribution in [0.5, 0.6) is 0 Å². The zero-order valence-corrected chi connectivity index (χ0v) is 12.4. The molecule has 0 bridgehead atoms. The lowest BCUT2D eigenvalue weighted by Crippen LogP contribution is -2.62. The van der Waals surface area contributed by atoms with Gasteiger partial charge < -0.3 is 45.4 Å². The SMILES string of the molecule is C=CC(=O)NC(CO)(CO)CO[C@@H]1O[C@H](CO)[C@@H](O)[C@H](O)[C@H]1O. The normalized spacial score (nSPS) is 31.7. The summed E-state index contributed by atoms with van der Waals surface area (Å²) in [4.78, 5) is 11.4. The summed E-state index contributed by atoms with van der Waals surface area (Å²) < 4.78 is 10.3. The minimum atomic E-state index is -1.63. The number of hydrogen-bond donors (Lipinski definition) is 7. The highest BCUT2D eigenvalue weighted by Crippen LogP contribution is 2.22. The van der Waals surface area contributed by atoms with Crippen LogP contribution in [-0.4, -0.2) is 99.2 Å². The van der Waals surface area contributed by atoms with Gasteiger partial charge in [0, 0.05) is 0 Å². The number of ether oxygens (including phenoxy) is 2. The van der Waals surface area contributed by atoms with Crippen LogP contribution in [0, 0.1) is 0 Å². The average molecular weight is 337 g/mol. The van der Waals surface area contributed by atoms with Crippen molar-refractivity contribution in [1.82, 2.24) is 5.32 Å². The monoisotopic (exact) mass is 337 g/mol. The number of carbonyl (C=O) groups is 1. The third-order valence-electron chi connectivity index (χ3n) is 3.55. The van der Waals surface area contributed by atoms with E-state index in [1.165, 1.54) is 0 Å². The molecule has 1 aliphatic heterocycles. The third-order valence-corrected chi connectivity index (χ3v) is 3.55. The smallest absolute Gasteiger partial charge is 0.244 e. The molecule has 1 heterocycles. The van der Waals surface area contributed by atoms with Crippen LogP contribution in [0.15, 0.2) is 12.7 Å². The predicted octanol–water partition coefficient (Wildman–Crippen LogP) is -4.17. The molecule has 23 heavy (non-hydrogen) atoms. The van der Waals surface area contributed by atoms with Gasteiger partial charge in [0.1, 0.15) is 30.0 Å². The van der Waals surface area contributed by atoms with E-state index in [0.717, 1.165) is 6.08 Å². The quantitative estimate of drug-likeness (QED) is 0.217. The highest BCUT2D eigenvalue weighted by molar-refractivity contribution is 5.87. The molecule has 134 valence electrons. The summed E-state index contributed by atoms with van der Waals surface area (Å²) in [7, 11) is 0. The van der Waals surface area contributed by atoms with Crippen LogP contribution in [-0.2, 0) is 14.3 Å². The van der Waals surface area contributed by atoms with E-state index < -0.39 is 68.6 Å². The van der Waals surface area contributed by atoms with Gasteiger partial charge in [-0.1, -0.05) is 6.58 Å². The van der Waals surface area contributed by atoms with Crippen molar-refractivity contribution in [3.63, 3.8) is 0 Å². The lowest BCUT2D eigenvalue weighted by Gasteiger charge is -2.41. The van der Waals surface area contributed by atoms with Gasteiger partial charge in [-0.2, -0.15) is 0 Å². The second-order valence-corrected chi connectivity index (χ2v) is 5.30. The number of hydrogen-bond acceptors (Lipinski definition) is 9. The van der Waals surface area contributed by atoms with Gasteiger partial charge in [0.25, 0.3) is 0 Å². The number of aliphatic hydroxyl groups is 6. The Morgan fingerprint density at radius 2 is 1.78 bits per heavy atom. The maximum atomic E-state index is 11.4. The molecule has 1 amide bonds. The molecule has 0 aliphatic carbocycles. The van der Waals surface area contributed by atoms with Crippen molar-refractivity contribution in [2.75, 3.05) is 26.4 Å². The molecule has 1 fully saturated rings. The van der Waals surface area contributed by atoms with E-state index in [1.54, 1.807) is 0 Å². The first-order chi connectivity index (χ1) is 10.8. The standard InChI is InChI=1S/C13H23NO9/c1-2-8(18)14-13(4-16,5-17)6-22-12-11(21)10(20)9(19)7(3-15)23-12/h2,7,9-12,15-17,19-21H,1,3-6H2,(H,14,18)/t7-,9-,10+,11-,12-/m1/s1. The fourth-order valence-corrected chi connectivity index (χ4v) is 2.02. The van der Waals surface area contributed by atoms with Gasteiger partial charge in [0.05, 0.1) is 26.4 Å². The largest absolute Gasteiger partial charge is 0.394 e. The zero-order chi connectivity index (χ0) is 17.6. The Morgan fingerprint density at radius 3 is 2.26 bits per heavy atom. The topological polar surface area (TPSA) is 169 Å². The van der Waals surface area contributed by atoms with Crippen LogP contribution in [0.1, 0.15) is 0 Å². The van der Waals surface area contributed by atoms with Crippen LogP contribution in [0.25, 0.3) is 0 Å². The first-order valence-corrected chi connectivity index (χ1v) is 6.92. The van der Waals surface area contributed by atoms with E-state index in [-0.39, 0.29) is 0 Å². The predicted molar refractivity (Wildman–Crippen MR) is 75.0 cm³/mol. The van der Waals surface area contributed by atoms with E-state index >= 15 is 0 Å². The molecule has 0 saturated carbocycles. The van der Waals surface area contributed by atoms with E-state index in [1.807, 2.05) is 0 Å². The molecule has 7 N–H and O–H groups in total. The van der Waals surface area contributed by atoms with E-state index in [9.17, 15) is 30.3 Å².